The number of aromatic nitrogens is 2. The van der Waals surface area contributed by atoms with Crippen LogP contribution in [0.5, 0.6) is 0 Å². The van der Waals surface area contributed by atoms with Gasteiger partial charge in [0.2, 0.25) is 0 Å². The number of nitrogens with two attached hydrogens (primary N) is 1. The summed E-state index contributed by atoms with van der Waals surface area (Å²) in [6.45, 7) is 9.09. The quantitative estimate of drug-likeness (QED) is 0.681. The van der Waals surface area contributed by atoms with E-state index in [4.69, 9.17) is 5.73 Å². The molecule has 1 aromatic heterocycles. The van der Waals surface area contributed by atoms with E-state index in [1.165, 1.54) is 12.8 Å². The zero-order valence-corrected chi connectivity index (χ0v) is 12.8. The fourth-order valence-electron chi connectivity index (χ4n) is 2.21. The van der Waals surface area contributed by atoms with Gasteiger partial charge in [0.1, 0.15) is 10.0 Å². The van der Waals surface area contributed by atoms with E-state index in [0.717, 1.165) is 23.1 Å². The van der Waals surface area contributed by atoms with Crippen molar-refractivity contribution in [2.75, 3.05) is 13.1 Å². The van der Waals surface area contributed by atoms with Crippen molar-refractivity contribution in [2.45, 2.75) is 46.1 Å². The van der Waals surface area contributed by atoms with Crippen LogP contribution in [0.15, 0.2) is 4.99 Å². The number of hydrogen-bond donors (Lipinski definition) is 1. The van der Waals surface area contributed by atoms with E-state index in [-0.39, 0.29) is 0 Å². The molecule has 0 aromatic carbocycles. The van der Waals surface area contributed by atoms with Crippen molar-refractivity contribution in [3.8, 4) is 0 Å². The maximum absolute atomic E-state index is 6.06. The zero-order chi connectivity index (χ0) is 13.8. The Labute approximate surface area is 118 Å². The summed E-state index contributed by atoms with van der Waals surface area (Å²) < 4.78 is 0. The number of aliphatic imine (C=N–C) groups is 1. The van der Waals surface area contributed by atoms with Crippen LogP contribution in [0.4, 0.5) is 0 Å². The minimum Gasteiger partial charge on any atom is -0.370 e. The van der Waals surface area contributed by atoms with Gasteiger partial charge in [-0.1, -0.05) is 32.1 Å². The van der Waals surface area contributed by atoms with Gasteiger partial charge in [-0.15, -0.1) is 10.2 Å². The van der Waals surface area contributed by atoms with Gasteiger partial charge in [0.15, 0.2) is 5.96 Å². The van der Waals surface area contributed by atoms with Gasteiger partial charge < -0.3 is 10.6 Å². The molecule has 0 bridgehead atoms. The molecular formula is C13H23N5S. The van der Waals surface area contributed by atoms with E-state index in [0.29, 0.717) is 24.3 Å². The highest BCUT2D eigenvalue weighted by Gasteiger charge is 2.17. The summed E-state index contributed by atoms with van der Waals surface area (Å²) in [4.78, 5) is 6.63. The van der Waals surface area contributed by atoms with Crippen LogP contribution >= 0.6 is 11.3 Å². The molecule has 0 amide bonds. The number of likely N-dealkylation sites (tertiary alicyclic amines) is 1. The molecule has 2 rings (SSSR count). The zero-order valence-electron chi connectivity index (χ0n) is 12.0. The Bertz CT molecular complexity index is 440. The first-order chi connectivity index (χ1) is 9.06. The van der Waals surface area contributed by atoms with Gasteiger partial charge >= 0.3 is 0 Å². The predicted octanol–water partition coefficient (Wildman–Crippen LogP) is 2.21. The lowest BCUT2D eigenvalue weighted by Gasteiger charge is -2.31. The normalized spacial score (nSPS) is 21.2. The number of hydrogen-bond acceptors (Lipinski definition) is 4. The van der Waals surface area contributed by atoms with E-state index >= 15 is 0 Å². The lowest BCUT2D eigenvalue weighted by atomic mass is 10.0. The third-order valence-corrected chi connectivity index (χ3v) is 4.54. The Balaban J connectivity index is 1.93. The first kappa shape index (κ1) is 14.2. The van der Waals surface area contributed by atoms with E-state index in [1.54, 1.807) is 11.3 Å². The molecule has 1 saturated heterocycles. The van der Waals surface area contributed by atoms with E-state index in [2.05, 4.69) is 40.9 Å². The molecule has 0 spiro atoms. The lowest BCUT2D eigenvalue weighted by Crippen LogP contribution is -2.43. The van der Waals surface area contributed by atoms with Crippen LogP contribution in [-0.4, -0.2) is 34.1 Å². The lowest BCUT2D eigenvalue weighted by molar-refractivity contribution is 0.270. The standard InChI is InChI=1S/C13H23N5S/c1-9(2)12-17-16-11(19-12)7-15-13(14)18-6-4-5-10(3)8-18/h9-10H,4-8H2,1-3H3,(H2,14,15). The maximum atomic E-state index is 6.06. The van der Waals surface area contributed by atoms with Crippen LogP contribution in [0, 0.1) is 5.92 Å². The SMILES string of the molecule is CC1CCCN(C(N)=NCc2nnc(C(C)C)s2)C1. The molecule has 1 unspecified atom stereocenters. The molecule has 5 nitrogen and oxygen atoms in total. The van der Waals surface area contributed by atoms with Crippen molar-refractivity contribution < 1.29 is 0 Å². The van der Waals surface area contributed by atoms with Crippen molar-refractivity contribution in [1.82, 2.24) is 15.1 Å². The van der Waals surface area contributed by atoms with Crippen molar-refractivity contribution in [3.63, 3.8) is 0 Å². The van der Waals surface area contributed by atoms with Crippen LogP contribution in [0.1, 0.15) is 49.5 Å². The van der Waals surface area contributed by atoms with Crippen molar-refractivity contribution in [1.29, 1.82) is 0 Å². The summed E-state index contributed by atoms with van der Waals surface area (Å²) in [6.07, 6.45) is 2.49. The summed E-state index contributed by atoms with van der Waals surface area (Å²) in [5, 5.41) is 10.3. The van der Waals surface area contributed by atoms with Crippen molar-refractivity contribution in [3.05, 3.63) is 10.0 Å². The third kappa shape index (κ3) is 3.89. The van der Waals surface area contributed by atoms with Gasteiger partial charge in [-0.2, -0.15) is 0 Å². The molecule has 0 saturated carbocycles. The van der Waals surface area contributed by atoms with Crippen molar-refractivity contribution >= 4 is 17.3 Å². The van der Waals surface area contributed by atoms with Gasteiger partial charge in [0.25, 0.3) is 0 Å². The highest BCUT2D eigenvalue weighted by atomic mass is 32.1. The Morgan fingerprint density at radius 2 is 2.32 bits per heavy atom. The topological polar surface area (TPSA) is 67.4 Å². The van der Waals surface area contributed by atoms with Gasteiger partial charge in [-0.25, -0.2) is 4.99 Å². The Kier molecular flexibility index (Phi) is 4.74. The van der Waals surface area contributed by atoms with Gasteiger partial charge in [0, 0.05) is 19.0 Å². The number of piperidine rings is 1. The van der Waals surface area contributed by atoms with E-state index in [9.17, 15) is 0 Å². The molecule has 1 aliphatic heterocycles. The van der Waals surface area contributed by atoms with Crippen LogP contribution in [-0.2, 0) is 6.54 Å². The molecule has 6 heteroatoms. The molecule has 1 fully saturated rings. The van der Waals surface area contributed by atoms with Crippen LogP contribution in [0.3, 0.4) is 0 Å². The number of guanidine groups is 1. The second-order valence-corrected chi connectivity index (χ2v) is 6.65. The molecule has 1 aliphatic rings. The highest BCUT2D eigenvalue weighted by molar-refractivity contribution is 7.11. The molecule has 2 heterocycles. The summed E-state index contributed by atoms with van der Waals surface area (Å²) in [5.41, 5.74) is 6.06. The molecular weight excluding hydrogens is 258 g/mol. The fraction of sp³-hybridized carbons (Fsp3) is 0.769. The predicted molar refractivity (Wildman–Crippen MR) is 79.3 cm³/mol. The Morgan fingerprint density at radius 1 is 1.53 bits per heavy atom. The average molecular weight is 281 g/mol. The molecule has 1 atom stereocenters. The molecule has 1 aromatic rings. The minimum atomic E-state index is 0.426. The molecule has 0 radical (unpaired) electrons. The van der Waals surface area contributed by atoms with Crippen LogP contribution < -0.4 is 5.73 Å². The summed E-state index contributed by atoms with van der Waals surface area (Å²) in [7, 11) is 0. The second kappa shape index (κ2) is 6.32. The monoisotopic (exact) mass is 281 g/mol. The summed E-state index contributed by atoms with van der Waals surface area (Å²) >= 11 is 1.63. The maximum Gasteiger partial charge on any atom is 0.191 e. The van der Waals surface area contributed by atoms with Gasteiger partial charge in [0.05, 0.1) is 6.54 Å². The molecule has 106 valence electrons. The van der Waals surface area contributed by atoms with Gasteiger partial charge in [-0.3, -0.25) is 0 Å². The summed E-state index contributed by atoms with van der Waals surface area (Å²) in [6, 6.07) is 0. The van der Waals surface area contributed by atoms with E-state index < -0.39 is 0 Å². The Hall–Kier alpha value is -1.17. The smallest absolute Gasteiger partial charge is 0.191 e. The minimum absolute atomic E-state index is 0.426. The van der Waals surface area contributed by atoms with E-state index in [1.807, 2.05) is 0 Å². The molecule has 0 aliphatic carbocycles. The third-order valence-electron chi connectivity index (χ3n) is 3.33. The largest absolute Gasteiger partial charge is 0.370 e. The second-order valence-electron chi connectivity index (χ2n) is 5.56. The van der Waals surface area contributed by atoms with Gasteiger partial charge in [-0.05, 0) is 18.8 Å². The Morgan fingerprint density at radius 3 is 2.95 bits per heavy atom. The molecule has 2 N–H and O–H groups in total. The van der Waals surface area contributed by atoms with Crippen LogP contribution in [0.2, 0.25) is 0 Å². The number of rotatable bonds is 3. The summed E-state index contributed by atoms with van der Waals surface area (Å²) in [5.74, 6) is 1.78. The first-order valence-electron chi connectivity index (χ1n) is 6.93. The highest BCUT2D eigenvalue weighted by Crippen LogP contribution is 2.19. The fourth-order valence-corrected chi connectivity index (χ4v) is 2.98. The molecule has 19 heavy (non-hydrogen) atoms. The van der Waals surface area contributed by atoms with Crippen LogP contribution in [0.25, 0.3) is 0 Å². The average Bonchev–Trinajstić information content (AvgIpc) is 2.85. The number of nitrogens with zero attached hydrogens (tertiary/aromatic N) is 4. The first-order valence-corrected chi connectivity index (χ1v) is 7.75. The van der Waals surface area contributed by atoms with Crippen molar-refractivity contribution in [2.24, 2.45) is 16.6 Å².